The predicted molar refractivity (Wildman–Crippen MR) is 84.8 cm³/mol. The number of hydrogen-bond acceptors (Lipinski definition) is 2. The molecule has 1 aromatic carbocycles. The molecule has 0 saturated carbocycles. The Morgan fingerprint density at radius 2 is 1.70 bits per heavy atom. The molecule has 0 aliphatic heterocycles. The first-order valence-electron chi connectivity index (χ1n) is 6.57. The molecule has 3 rings (SSSR count). The van der Waals surface area contributed by atoms with Gasteiger partial charge >= 0.3 is 0 Å². The number of pyridine rings is 1. The molecule has 0 radical (unpaired) electrons. The number of halogens is 1. The lowest BCUT2D eigenvalue weighted by Crippen LogP contribution is -2.10. The summed E-state index contributed by atoms with van der Waals surface area (Å²) in [5, 5.41) is 4.53. The summed E-state index contributed by atoms with van der Waals surface area (Å²) in [6.45, 7) is 6.63. The molecule has 0 spiro atoms. The summed E-state index contributed by atoms with van der Waals surface area (Å²) in [5.41, 5.74) is 3.35. The fraction of sp³-hybridized carbons (Fsp3) is 0.250. The SMILES string of the molecule is CC(C)(C)c1ccc(-c2nc3cccc(Br)n3n2)cc1. The van der Waals surface area contributed by atoms with Gasteiger partial charge in [-0.1, -0.05) is 51.1 Å². The third kappa shape index (κ3) is 2.36. The maximum atomic E-state index is 4.56. The number of aromatic nitrogens is 3. The van der Waals surface area contributed by atoms with Crippen molar-refractivity contribution in [1.82, 2.24) is 14.6 Å². The van der Waals surface area contributed by atoms with Crippen molar-refractivity contribution in [1.29, 1.82) is 0 Å². The average Bonchev–Trinajstić information content (AvgIpc) is 2.83. The van der Waals surface area contributed by atoms with Gasteiger partial charge < -0.3 is 0 Å². The number of nitrogens with zero attached hydrogens (tertiary/aromatic N) is 3. The van der Waals surface area contributed by atoms with Gasteiger partial charge in [0.2, 0.25) is 0 Å². The van der Waals surface area contributed by atoms with Crippen molar-refractivity contribution in [3.8, 4) is 11.4 Å². The van der Waals surface area contributed by atoms with E-state index in [0.29, 0.717) is 0 Å². The molecule has 0 unspecified atom stereocenters. The third-order valence-electron chi connectivity index (χ3n) is 3.32. The van der Waals surface area contributed by atoms with E-state index in [-0.39, 0.29) is 5.41 Å². The summed E-state index contributed by atoms with van der Waals surface area (Å²) >= 11 is 3.48. The van der Waals surface area contributed by atoms with E-state index < -0.39 is 0 Å². The lowest BCUT2D eigenvalue weighted by Gasteiger charge is -2.18. The Kier molecular flexibility index (Phi) is 3.13. The minimum absolute atomic E-state index is 0.161. The topological polar surface area (TPSA) is 30.2 Å². The Hall–Kier alpha value is -1.68. The van der Waals surface area contributed by atoms with Crippen LogP contribution in [-0.2, 0) is 5.41 Å². The van der Waals surface area contributed by atoms with Gasteiger partial charge in [0.1, 0.15) is 4.60 Å². The highest BCUT2D eigenvalue weighted by atomic mass is 79.9. The lowest BCUT2D eigenvalue weighted by molar-refractivity contribution is 0.590. The van der Waals surface area contributed by atoms with Crippen LogP contribution in [0.3, 0.4) is 0 Å². The number of fused-ring (bicyclic) bond motifs is 1. The largest absolute Gasteiger partial charge is 0.207 e. The highest BCUT2D eigenvalue weighted by Gasteiger charge is 2.14. The van der Waals surface area contributed by atoms with Crippen LogP contribution in [0, 0.1) is 0 Å². The Bertz CT molecular complexity index is 751. The van der Waals surface area contributed by atoms with E-state index >= 15 is 0 Å². The zero-order chi connectivity index (χ0) is 14.3. The van der Waals surface area contributed by atoms with Crippen LogP contribution in [0.15, 0.2) is 47.1 Å². The minimum atomic E-state index is 0.161. The van der Waals surface area contributed by atoms with Crippen LogP contribution in [0.25, 0.3) is 17.0 Å². The Balaban J connectivity index is 2.05. The Morgan fingerprint density at radius 3 is 2.30 bits per heavy atom. The van der Waals surface area contributed by atoms with Gasteiger partial charge in [-0.2, -0.15) is 0 Å². The van der Waals surface area contributed by atoms with Crippen molar-refractivity contribution in [3.63, 3.8) is 0 Å². The predicted octanol–water partition coefficient (Wildman–Crippen LogP) is 4.46. The lowest BCUT2D eigenvalue weighted by atomic mass is 9.87. The molecule has 3 nitrogen and oxygen atoms in total. The van der Waals surface area contributed by atoms with E-state index in [1.165, 1.54) is 5.56 Å². The van der Waals surface area contributed by atoms with Crippen molar-refractivity contribution >= 4 is 21.6 Å². The standard InChI is InChI=1S/C16H16BrN3/c1-16(2,3)12-9-7-11(8-10-12)15-18-14-6-4-5-13(17)20(14)19-15/h4-10H,1-3H3. The maximum absolute atomic E-state index is 4.56. The van der Waals surface area contributed by atoms with Gasteiger partial charge in [0, 0.05) is 5.56 Å². The van der Waals surface area contributed by atoms with Crippen molar-refractivity contribution in [2.24, 2.45) is 0 Å². The van der Waals surface area contributed by atoms with Crippen LogP contribution in [0.2, 0.25) is 0 Å². The second-order valence-electron chi connectivity index (χ2n) is 5.88. The smallest absolute Gasteiger partial charge is 0.182 e. The van der Waals surface area contributed by atoms with E-state index in [0.717, 1.165) is 21.6 Å². The summed E-state index contributed by atoms with van der Waals surface area (Å²) in [6, 6.07) is 14.3. The van der Waals surface area contributed by atoms with Gasteiger partial charge in [-0.3, -0.25) is 0 Å². The van der Waals surface area contributed by atoms with Crippen molar-refractivity contribution in [2.75, 3.05) is 0 Å². The maximum Gasteiger partial charge on any atom is 0.182 e. The number of rotatable bonds is 1. The van der Waals surface area contributed by atoms with Crippen LogP contribution >= 0.6 is 15.9 Å². The molecule has 102 valence electrons. The Morgan fingerprint density at radius 1 is 1.00 bits per heavy atom. The molecule has 0 aliphatic rings. The van der Waals surface area contributed by atoms with E-state index in [9.17, 15) is 0 Å². The molecule has 2 aromatic heterocycles. The van der Waals surface area contributed by atoms with E-state index in [4.69, 9.17) is 0 Å². The monoisotopic (exact) mass is 329 g/mol. The first kappa shape index (κ1) is 13.3. The molecule has 0 bridgehead atoms. The summed E-state index contributed by atoms with van der Waals surface area (Å²) in [6.07, 6.45) is 0. The molecule has 0 fully saturated rings. The molecule has 4 heteroatoms. The molecule has 2 heterocycles. The van der Waals surface area contributed by atoms with E-state index in [2.05, 4.69) is 71.0 Å². The molecule has 20 heavy (non-hydrogen) atoms. The number of benzene rings is 1. The second-order valence-corrected chi connectivity index (χ2v) is 6.69. The Labute approximate surface area is 126 Å². The summed E-state index contributed by atoms with van der Waals surface area (Å²) in [5.74, 6) is 0.748. The first-order valence-corrected chi connectivity index (χ1v) is 7.37. The quantitative estimate of drug-likeness (QED) is 0.617. The minimum Gasteiger partial charge on any atom is -0.207 e. The van der Waals surface area contributed by atoms with Crippen molar-refractivity contribution in [3.05, 3.63) is 52.6 Å². The van der Waals surface area contributed by atoms with Crippen LogP contribution in [-0.4, -0.2) is 14.6 Å². The zero-order valence-corrected chi connectivity index (χ0v) is 13.3. The van der Waals surface area contributed by atoms with E-state index in [1.807, 2.05) is 18.2 Å². The molecule has 0 saturated heterocycles. The van der Waals surface area contributed by atoms with Gasteiger partial charge in [-0.15, -0.1) is 5.10 Å². The summed E-state index contributed by atoms with van der Waals surface area (Å²) < 4.78 is 2.70. The van der Waals surface area contributed by atoms with Gasteiger partial charge in [0.25, 0.3) is 0 Å². The van der Waals surface area contributed by atoms with Crippen LogP contribution in [0.5, 0.6) is 0 Å². The van der Waals surface area contributed by atoms with Crippen LogP contribution in [0.1, 0.15) is 26.3 Å². The van der Waals surface area contributed by atoms with E-state index in [1.54, 1.807) is 4.52 Å². The average molecular weight is 330 g/mol. The molecular formula is C16H16BrN3. The fourth-order valence-corrected chi connectivity index (χ4v) is 2.53. The fourth-order valence-electron chi connectivity index (χ4n) is 2.12. The summed E-state index contributed by atoms with van der Waals surface area (Å²) in [4.78, 5) is 4.56. The number of hydrogen-bond donors (Lipinski definition) is 0. The molecule has 3 aromatic rings. The first-order chi connectivity index (χ1) is 9.45. The van der Waals surface area contributed by atoms with Gasteiger partial charge in [0.15, 0.2) is 11.5 Å². The molecule has 0 N–H and O–H groups in total. The second kappa shape index (κ2) is 4.70. The van der Waals surface area contributed by atoms with Crippen LogP contribution < -0.4 is 0 Å². The van der Waals surface area contributed by atoms with Crippen LogP contribution in [0.4, 0.5) is 0 Å². The molecule has 0 aliphatic carbocycles. The van der Waals surface area contributed by atoms with Gasteiger partial charge in [-0.25, -0.2) is 9.50 Å². The van der Waals surface area contributed by atoms with Crippen molar-refractivity contribution in [2.45, 2.75) is 26.2 Å². The summed E-state index contributed by atoms with van der Waals surface area (Å²) in [7, 11) is 0. The normalized spacial score (nSPS) is 12.0. The zero-order valence-electron chi connectivity index (χ0n) is 11.8. The molecule has 0 atom stereocenters. The van der Waals surface area contributed by atoms with Gasteiger partial charge in [-0.05, 0) is 39.0 Å². The highest BCUT2D eigenvalue weighted by molar-refractivity contribution is 9.10. The third-order valence-corrected chi connectivity index (χ3v) is 3.92. The van der Waals surface area contributed by atoms with Crippen molar-refractivity contribution < 1.29 is 0 Å². The molecular weight excluding hydrogens is 314 g/mol. The van der Waals surface area contributed by atoms with Gasteiger partial charge in [0.05, 0.1) is 0 Å². The molecule has 0 amide bonds. The highest BCUT2D eigenvalue weighted by Crippen LogP contribution is 2.25.